The molecule has 1 fully saturated rings. The van der Waals surface area contributed by atoms with E-state index in [1.54, 1.807) is 30.3 Å². The Bertz CT molecular complexity index is 1120. The highest BCUT2D eigenvalue weighted by molar-refractivity contribution is 7.12. The van der Waals surface area contributed by atoms with Gasteiger partial charge in [0.25, 0.3) is 11.8 Å². The monoisotopic (exact) mass is 497 g/mol. The number of hydrogen-bond donors (Lipinski definition) is 1. The van der Waals surface area contributed by atoms with Crippen molar-refractivity contribution in [1.29, 1.82) is 0 Å². The van der Waals surface area contributed by atoms with E-state index in [2.05, 4.69) is 24.1 Å². The lowest BCUT2D eigenvalue weighted by Gasteiger charge is -2.36. The highest BCUT2D eigenvalue weighted by atomic mass is 35.5. The first kappa shape index (κ1) is 24.1. The maximum absolute atomic E-state index is 12.6. The zero-order valence-electron chi connectivity index (χ0n) is 19.3. The highest BCUT2D eigenvalue weighted by Gasteiger charge is 2.24. The summed E-state index contributed by atoms with van der Waals surface area (Å²) in [6.45, 7) is 7.50. The number of carbonyl (C=O) groups excluding carboxylic acids is 2. The molecule has 0 bridgehead atoms. The van der Waals surface area contributed by atoms with Crippen LogP contribution in [-0.4, -0.2) is 49.5 Å². The molecule has 1 saturated heterocycles. The van der Waals surface area contributed by atoms with Gasteiger partial charge in [-0.15, -0.1) is 11.3 Å². The van der Waals surface area contributed by atoms with Crippen LogP contribution in [0.3, 0.4) is 0 Å². The Hall–Kier alpha value is -3.03. The molecule has 0 spiro atoms. The minimum Gasteiger partial charge on any atom is -0.493 e. The molecule has 6 nitrogen and oxygen atoms in total. The van der Waals surface area contributed by atoms with Crippen molar-refractivity contribution in [3.63, 3.8) is 0 Å². The molecule has 2 aromatic carbocycles. The van der Waals surface area contributed by atoms with Crippen LogP contribution in [0, 0.1) is 5.92 Å². The Morgan fingerprint density at radius 2 is 1.79 bits per heavy atom. The van der Waals surface area contributed by atoms with Gasteiger partial charge in [-0.1, -0.05) is 31.5 Å². The molecule has 2 heterocycles. The fourth-order valence-corrected chi connectivity index (χ4v) is 4.71. The summed E-state index contributed by atoms with van der Waals surface area (Å²) < 4.78 is 5.67. The van der Waals surface area contributed by atoms with E-state index in [1.807, 2.05) is 34.5 Å². The maximum Gasteiger partial charge on any atom is 0.264 e. The van der Waals surface area contributed by atoms with Crippen molar-refractivity contribution in [2.24, 2.45) is 5.92 Å². The number of amides is 2. The summed E-state index contributed by atoms with van der Waals surface area (Å²) in [4.78, 5) is 30.0. The van der Waals surface area contributed by atoms with Crippen LogP contribution in [0.15, 0.2) is 60.0 Å². The Kier molecular flexibility index (Phi) is 7.75. The van der Waals surface area contributed by atoms with E-state index in [4.69, 9.17) is 16.3 Å². The quantitative estimate of drug-likeness (QED) is 0.458. The molecule has 8 heteroatoms. The van der Waals surface area contributed by atoms with E-state index < -0.39 is 0 Å². The molecular weight excluding hydrogens is 470 g/mol. The largest absolute Gasteiger partial charge is 0.493 e. The van der Waals surface area contributed by atoms with E-state index >= 15 is 0 Å². The van der Waals surface area contributed by atoms with Gasteiger partial charge in [0, 0.05) is 37.4 Å². The third-order valence-corrected chi connectivity index (χ3v) is 6.71. The first-order valence-electron chi connectivity index (χ1n) is 11.3. The standard InChI is InChI=1S/C26H28ClN3O3S/c1-18(2)17-33-21-8-5-19(6-9-21)25(31)28-20-7-10-23(22(27)16-20)29-11-13-30(14-12-29)26(32)24-4-3-15-34-24/h3-10,15-16,18H,11-14,17H2,1-2H3,(H,28,31). The number of benzene rings is 2. The minimum absolute atomic E-state index is 0.0818. The topological polar surface area (TPSA) is 61.9 Å². The van der Waals surface area contributed by atoms with Crippen molar-refractivity contribution < 1.29 is 14.3 Å². The van der Waals surface area contributed by atoms with Crippen LogP contribution in [-0.2, 0) is 0 Å². The summed E-state index contributed by atoms with van der Waals surface area (Å²) in [7, 11) is 0. The first-order chi connectivity index (χ1) is 16.4. The number of nitrogens with zero attached hydrogens (tertiary/aromatic N) is 2. The molecule has 1 aromatic heterocycles. The smallest absolute Gasteiger partial charge is 0.264 e. The van der Waals surface area contributed by atoms with Gasteiger partial charge in [0.1, 0.15) is 5.75 Å². The second-order valence-electron chi connectivity index (χ2n) is 8.61. The van der Waals surface area contributed by atoms with Crippen molar-refractivity contribution in [1.82, 2.24) is 4.90 Å². The number of hydrogen-bond acceptors (Lipinski definition) is 5. The predicted molar refractivity (Wildman–Crippen MR) is 139 cm³/mol. The van der Waals surface area contributed by atoms with Crippen LogP contribution in [0.4, 0.5) is 11.4 Å². The number of thiophene rings is 1. The van der Waals surface area contributed by atoms with Gasteiger partial charge in [0.2, 0.25) is 0 Å². The van der Waals surface area contributed by atoms with Gasteiger partial charge < -0.3 is 19.9 Å². The number of nitrogens with one attached hydrogen (secondary N) is 1. The summed E-state index contributed by atoms with van der Waals surface area (Å²) in [5.74, 6) is 1.06. The van der Waals surface area contributed by atoms with E-state index in [9.17, 15) is 9.59 Å². The summed E-state index contributed by atoms with van der Waals surface area (Å²) >= 11 is 8.03. The number of halogens is 1. The molecule has 1 aliphatic heterocycles. The normalized spacial score (nSPS) is 13.8. The average Bonchev–Trinajstić information content (AvgIpc) is 3.38. The van der Waals surface area contributed by atoms with Gasteiger partial charge in [0.15, 0.2) is 0 Å². The molecule has 0 atom stereocenters. The van der Waals surface area contributed by atoms with Crippen LogP contribution in [0.25, 0.3) is 0 Å². The van der Waals surface area contributed by atoms with Gasteiger partial charge >= 0.3 is 0 Å². The summed E-state index contributed by atoms with van der Waals surface area (Å²) in [5.41, 5.74) is 2.07. The lowest BCUT2D eigenvalue weighted by atomic mass is 10.2. The number of ether oxygens (including phenoxy) is 1. The van der Waals surface area contributed by atoms with Crippen molar-refractivity contribution in [2.45, 2.75) is 13.8 Å². The van der Waals surface area contributed by atoms with Gasteiger partial charge in [-0.3, -0.25) is 9.59 Å². The predicted octanol–water partition coefficient (Wildman–Crippen LogP) is 5.65. The zero-order valence-corrected chi connectivity index (χ0v) is 20.9. The Morgan fingerprint density at radius 3 is 2.41 bits per heavy atom. The highest BCUT2D eigenvalue weighted by Crippen LogP contribution is 2.30. The van der Waals surface area contributed by atoms with Crippen molar-refractivity contribution in [3.8, 4) is 5.75 Å². The number of anilines is 2. The lowest BCUT2D eigenvalue weighted by Crippen LogP contribution is -2.48. The average molecular weight is 498 g/mol. The van der Waals surface area contributed by atoms with Crippen LogP contribution in [0.2, 0.25) is 5.02 Å². The van der Waals surface area contributed by atoms with E-state index in [0.717, 1.165) is 16.3 Å². The zero-order chi connectivity index (χ0) is 24.1. The molecule has 0 saturated carbocycles. The third-order valence-electron chi connectivity index (χ3n) is 5.54. The number of rotatable bonds is 7. The second-order valence-corrected chi connectivity index (χ2v) is 9.96. The fraction of sp³-hybridized carbons (Fsp3) is 0.308. The molecule has 0 radical (unpaired) electrons. The van der Waals surface area contributed by atoms with E-state index in [0.29, 0.717) is 55.0 Å². The first-order valence-corrected chi connectivity index (χ1v) is 12.6. The summed E-state index contributed by atoms with van der Waals surface area (Å²) in [6.07, 6.45) is 0. The van der Waals surface area contributed by atoms with Crippen LogP contribution in [0.1, 0.15) is 33.9 Å². The van der Waals surface area contributed by atoms with Crippen LogP contribution in [0.5, 0.6) is 5.75 Å². The molecule has 1 N–H and O–H groups in total. The van der Waals surface area contributed by atoms with Gasteiger partial charge in [0.05, 0.1) is 22.2 Å². The fourth-order valence-electron chi connectivity index (χ4n) is 3.72. The number of piperazine rings is 1. The maximum atomic E-state index is 12.6. The summed E-state index contributed by atoms with van der Waals surface area (Å²) in [6, 6.07) is 16.4. The Balaban J connectivity index is 1.33. The molecule has 178 valence electrons. The minimum atomic E-state index is -0.208. The van der Waals surface area contributed by atoms with E-state index in [-0.39, 0.29) is 11.8 Å². The van der Waals surface area contributed by atoms with Crippen LogP contribution < -0.4 is 15.0 Å². The molecule has 3 aromatic rings. The van der Waals surface area contributed by atoms with Gasteiger partial charge in [-0.25, -0.2) is 0 Å². The van der Waals surface area contributed by atoms with Crippen molar-refractivity contribution in [3.05, 3.63) is 75.4 Å². The summed E-state index contributed by atoms with van der Waals surface area (Å²) in [5, 5.41) is 5.38. The molecule has 4 rings (SSSR count). The molecule has 1 aliphatic rings. The van der Waals surface area contributed by atoms with Gasteiger partial charge in [-0.05, 0) is 59.8 Å². The molecule has 0 aliphatic carbocycles. The molecular formula is C26H28ClN3O3S. The van der Waals surface area contributed by atoms with Crippen molar-refractivity contribution >= 4 is 46.1 Å². The Labute approximate surface area is 209 Å². The molecule has 0 unspecified atom stereocenters. The van der Waals surface area contributed by atoms with Crippen LogP contribution >= 0.6 is 22.9 Å². The lowest BCUT2D eigenvalue weighted by molar-refractivity contribution is 0.0751. The Morgan fingerprint density at radius 1 is 1.06 bits per heavy atom. The van der Waals surface area contributed by atoms with Crippen molar-refractivity contribution in [2.75, 3.05) is 43.0 Å². The second kappa shape index (κ2) is 10.9. The van der Waals surface area contributed by atoms with E-state index in [1.165, 1.54) is 11.3 Å². The third kappa shape index (κ3) is 5.90. The SMILES string of the molecule is CC(C)COc1ccc(C(=O)Nc2ccc(N3CCN(C(=O)c4cccs4)CC3)c(Cl)c2)cc1. The molecule has 2 amide bonds. The van der Waals surface area contributed by atoms with Gasteiger partial charge in [-0.2, -0.15) is 0 Å². The number of carbonyl (C=O) groups is 2. The molecule has 34 heavy (non-hydrogen) atoms.